The van der Waals surface area contributed by atoms with Crippen molar-refractivity contribution in [3.05, 3.63) is 39.5 Å². The number of ether oxygens (including phenoxy) is 2. The van der Waals surface area contributed by atoms with E-state index >= 15 is 0 Å². The number of rotatable bonds is 7. The van der Waals surface area contributed by atoms with E-state index in [2.05, 4.69) is 36.4 Å². The number of thiophene rings is 1. The average molecular weight is 608 g/mol. The number of cyclic esters (lactones) is 1. The molecular formula is C29H42ClN5O5S. The van der Waals surface area contributed by atoms with Crippen LogP contribution in [0.1, 0.15) is 50.2 Å². The first-order chi connectivity index (χ1) is 19.8. The summed E-state index contributed by atoms with van der Waals surface area (Å²) in [6, 6.07) is 8.45. The lowest BCUT2D eigenvalue weighted by Gasteiger charge is -2.28. The van der Waals surface area contributed by atoms with Crippen LogP contribution in [-0.2, 0) is 9.53 Å². The van der Waals surface area contributed by atoms with Gasteiger partial charge < -0.3 is 29.9 Å². The van der Waals surface area contributed by atoms with Gasteiger partial charge in [-0.25, -0.2) is 4.79 Å². The molecule has 2 aromatic rings. The molecule has 0 spiro atoms. The molecule has 12 heteroatoms. The molecule has 0 bridgehead atoms. The molecule has 1 aromatic carbocycles. The molecule has 3 amide bonds. The molecule has 2 atom stereocenters. The molecule has 0 aliphatic carbocycles. The van der Waals surface area contributed by atoms with Crippen LogP contribution in [0, 0.1) is 0 Å². The van der Waals surface area contributed by atoms with Crippen LogP contribution >= 0.6 is 22.9 Å². The summed E-state index contributed by atoms with van der Waals surface area (Å²) < 4.78 is 12.1. The maximum absolute atomic E-state index is 12.7. The van der Waals surface area contributed by atoms with Crippen molar-refractivity contribution in [3.8, 4) is 5.75 Å². The first-order valence-electron chi connectivity index (χ1n) is 14.3. The number of halogens is 1. The number of hydrogen-bond donors (Lipinski definition) is 2. The van der Waals surface area contributed by atoms with Crippen molar-refractivity contribution < 1.29 is 23.9 Å². The van der Waals surface area contributed by atoms with Crippen LogP contribution < -0.4 is 25.2 Å². The van der Waals surface area contributed by atoms with E-state index in [4.69, 9.17) is 21.1 Å². The molecular weight excluding hydrogens is 566 g/mol. The van der Waals surface area contributed by atoms with Crippen LogP contribution in [0.3, 0.4) is 0 Å². The molecule has 3 aliphatic rings. The number of anilines is 2. The van der Waals surface area contributed by atoms with E-state index in [-0.39, 0.29) is 24.4 Å². The van der Waals surface area contributed by atoms with Crippen molar-refractivity contribution in [1.82, 2.24) is 15.5 Å². The van der Waals surface area contributed by atoms with Crippen molar-refractivity contribution in [2.75, 3.05) is 62.7 Å². The van der Waals surface area contributed by atoms with E-state index in [1.165, 1.54) is 30.8 Å². The highest BCUT2D eigenvalue weighted by Gasteiger charge is 2.45. The number of benzene rings is 1. The third kappa shape index (κ3) is 8.34. The van der Waals surface area contributed by atoms with E-state index in [9.17, 15) is 14.4 Å². The monoisotopic (exact) mass is 607 g/mol. The lowest BCUT2D eigenvalue weighted by atomic mass is 10.1. The molecule has 1 unspecified atom stereocenters. The number of carbonyl (C=O) groups excluding carboxylic acids is 3. The highest BCUT2D eigenvalue weighted by Crippen LogP contribution is 2.40. The number of nitrogens with one attached hydrogen (secondary N) is 2. The second kappa shape index (κ2) is 16.0. The zero-order valence-electron chi connectivity index (χ0n) is 24.6. The summed E-state index contributed by atoms with van der Waals surface area (Å²) in [5.74, 6) is 0.268. The lowest BCUT2D eigenvalue weighted by molar-refractivity contribution is -0.118. The normalized spacial score (nSPS) is 19.5. The Morgan fingerprint density at radius 2 is 2.00 bits per heavy atom. The minimum absolute atomic E-state index is 0.00823. The molecule has 3 aliphatic heterocycles. The molecule has 0 saturated carbocycles. The minimum atomic E-state index is -0.508. The van der Waals surface area contributed by atoms with Gasteiger partial charge in [-0.2, -0.15) is 0 Å². The van der Waals surface area contributed by atoms with Crippen LogP contribution in [0.15, 0.2) is 30.3 Å². The molecule has 10 nitrogen and oxygen atoms in total. The Balaban J connectivity index is 0.000000452. The summed E-state index contributed by atoms with van der Waals surface area (Å²) in [6.45, 7) is 12.9. The van der Waals surface area contributed by atoms with Crippen LogP contribution in [-0.4, -0.2) is 87.9 Å². The molecule has 2 N–H and O–H groups in total. The average Bonchev–Trinajstić information content (AvgIpc) is 3.49. The summed E-state index contributed by atoms with van der Waals surface area (Å²) in [5.41, 5.74) is 1.34. The fraction of sp³-hybridized carbons (Fsp3) is 0.552. The van der Waals surface area contributed by atoms with Gasteiger partial charge in [0.15, 0.2) is 0 Å². The Morgan fingerprint density at radius 3 is 2.63 bits per heavy atom. The summed E-state index contributed by atoms with van der Waals surface area (Å²) in [7, 11) is 2.14. The third-order valence-corrected chi connectivity index (χ3v) is 8.12. The molecule has 5 rings (SSSR count). The van der Waals surface area contributed by atoms with Crippen LogP contribution in [0.25, 0.3) is 0 Å². The molecule has 41 heavy (non-hydrogen) atoms. The molecule has 4 heterocycles. The van der Waals surface area contributed by atoms with Gasteiger partial charge in [0.2, 0.25) is 5.91 Å². The quantitative estimate of drug-likeness (QED) is 0.473. The zero-order chi connectivity index (χ0) is 29.9. The topological polar surface area (TPSA) is 103 Å². The van der Waals surface area contributed by atoms with Gasteiger partial charge >= 0.3 is 6.09 Å². The van der Waals surface area contributed by atoms with Gasteiger partial charge in [0.1, 0.15) is 11.9 Å². The van der Waals surface area contributed by atoms with Gasteiger partial charge in [0.05, 0.1) is 40.6 Å². The van der Waals surface area contributed by atoms with Crippen LogP contribution in [0.4, 0.5) is 16.2 Å². The van der Waals surface area contributed by atoms with Gasteiger partial charge in [-0.1, -0.05) is 39.3 Å². The predicted octanol–water partition coefficient (Wildman–Crippen LogP) is 4.62. The standard InChI is InChI=1S/C21H21ClN4O5S.C6H15N.C2H6/c22-18-4-3-17(32-18)20(28)24-10-16-14-5-8-30-15-9-12(25-7-6-23-11-19(25)27)1-2-13(15)26(14)21(29)31-16;1-4-6-7(3)5-2;1-2/h1-4,9,14,16,23H,5-8,10-11H2,(H,24,28);4-6H2,1-3H3;1-2H3/t14-,16?;;/m0../s1. The molecule has 2 fully saturated rings. The van der Waals surface area contributed by atoms with E-state index in [1.54, 1.807) is 34.1 Å². The number of hydrogen-bond acceptors (Lipinski definition) is 8. The fourth-order valence-corrected chi connectivity index (χ4v) is 5.71. The van der Waals surface area contributed by atoms with Crippen molar-refractivity contribution in [1.29, 1.82) is 0 Å². The summed E-state index contributed by atoms with van der Waals surface area (Å²) >= 11 is 7.09. The summed E-state index contributed by atoms with van der Waals surface area (Å²) in [4.78, 5) is 43.4. The highest BCUT2D eigenvalue weighted by atomic mass is 35.5. The molecule has 1 aromatic heterocycles. The SMILES string of the molecule is CC.CCCN(C)CC.O=C(NCC1OC(=O)N2c3ccc(N4CCNCC4=O)cc3OCC[C@@H]12)c1ccc(Cl)s1. The Morgan fingerprint density at radius 1 is 1.22 bits per heavy atom. The maximum atomic E-state index is 12.7. The van der Waals surface area contributed by atoms with Gasteiger partial charge in [0.25, 0.3) is 5.91 Å². The first kappa shape index (κ1) is 32.7. The maximum Gasteiger partial charge on any atom is 0.415 e. The smallest absolute Gasteiger partial charge is 0.415 e. The largest absolute Gasteiger partial charge is 0.491 e. The number of carbonyl (C=O) groups is 3. The third-order valence-electron chi connectivity index (χ3n) is 6.89. The highest BCUT2D eigenvalue weighted by molar-refractivity contribution is 7.18. The Hall–Kier alpha value is -2.86. The van der Waals surface area contributed by atoms with Crippen LogP contribution in [0.5, 0.6) is 5.75 Å². The van der Waals surface area contributed by atoms with E-state index in [0.717, 1.165) is 12.2 Å². The Kier molecular flexibility index (Phi) is 12.7. The second-order valence-corrected chi connectivity index (χ2v) is 11.3. The number of piperazine rings is 1. The van der Waals surface area contributed by atoms with Gasteiger partial charge in [0, 0.05) is 31.3 Å². The zero-order valence-corrected chi connectivity index (χ0v) is 26.1. The predicted molar refractivity (Wildman–Crippen MR) is 165 cm³/mol. The van der Waals surface area contributed by atoms with Crippen molar-refractivity contribution in [2.24, 2.45) is 0 Å². The summed E-state index contributed by atoms with van der Waals surface area (Å²) in [5, 5.41) is 5.88. The van der Waals surface area contributed by atoms with Crippen molar-refractivity contribution in [2.45, 2.75) is 52.7 Å². The Bertz CT molecular complexity index is 1180. The van der Waals surface area contributed by atoms with E-state index in [1.807, 2.05) is 19.9 Å². The lowest BCUT2D eigenvalue weighted by Crippen LogP contribution is -2.48. The van der Waals surface area contributed by atoms with E-state index < -0.39 is 12.2 Å². The Labute approximate surface area is 251 Å². The van der Waals surface area contributed by atoms with E-state index in [0.29, 0.717) is 46.8 Å². The van der Waals surface area contributed by atoms with Crippen molar-refractivity contribution >= 4 is 52.2 Å². The van der Waals surface area contributed by atoms with Gasteiger partial charge in [-0.05, 0) is 50.8 Å². The number of fused-ring (bicyclic) bond motifs is 3. The van der Waals surface area contributed by atoms with Gasteiger partial charge in [-0.15, -0.1) is 11.3 Å². The molecule has 0 radical (unpaired) electrons. The molecule has 226 valence electrons. The second-order valence-electron chi connectivity index (χ2n) is 9.58. The molecule has 2 saturated heterocycles. The number of nitrogens with zero attached hydrogens (tertiary/aromatic N) is 3. The summed E-state index contributed by atoms with van der Waals surface area (Å²) in [6.07, 6.45) is 0.829. The van der Waals surface area contributed by atoms with Gasteiger partial charge in [-0.3, -0.25) is 14.5 Å². The fourth-order valence-electron chi connectivity index (χ4n) is 4.75. The van der Waals surface area contributed by atoms with Crippen molar-refractivity contribution in [3.63, 3.8) is 0 Å². The van der Waals surface area contributed by atoms with Crippen LogP contribution in [0.2, 0.25) is 4.34 Å². The minimum Gasteiger partial charge on any atom is -0.491 e. The first-order valence-corrected chi connectivity index (χ1v) is 15.5. The number of amides is 3.